The van der Waals surface area contributed by atoms with Gasteiger partial charge in [-0.2, -0.15) is 13.2 Å². The van der Waals surface area contributed by atoms with E-state index in [1.165, 1.54) is 17.0 Å². The quantitative estimate of drug-likeness (QED) is 0.419. The summed E-state index contributed by atoms with van der Waals surface area (Å²) < 4.78 is 45.1. The molecule has 4 rings (SSSR count). The molecule has 0 aliphatic carbocycles. The number of alkyl halides is 3. The van der Waals surface area contributed by atoms with Gasteiger partial charge in [0.25, 0.3) is 0 Å². The summed E-state index contributed by atoms with van der Waals surface area (Å²) in [7, 11) is 0. The first-order chi connectivity index (χ1) is 17.9. The van der Waals surface area contributed by atoms with Crippen molar-refractivity contribution < 1.29 is 37.4 Å². The van der Waals surface area contributed by atoms with Crippen LogP contribution < -0.4 is 10.1 Å². The SMILES string of the molecule is CCCCN1C(=O)C2C(c3cccc(Oc4cccc(C(F)(F)F)c4)c3)NC(C(=O)O)(C(C)CC)C2C1=O. The maximum absolute atomic E-state index is 13.6. The number of halogens is 3. The van der Waals surface area contributed by atoms with Crippen molar-refractivity contribution in [1.29, 1.82) is 0 Å². The van der Waals surface area contributed by atoms with E-state index < -0.39 is 58.9 Å². The van der Waals surface area contributed by atoms with Gasteiger partial charge in [0.1, 0.15) is 17.0 Å². The van der Waals surface area contributed by atoms with Crippen LogP contribution in [0.2, 0.25) is 0 Å². The second-order valence-electron chi connectivity index (χ2n) is 9.99. The Bertz CT molecular complexity index is 1230. The molecule has 0 radical (unpaired) electrons. The summed E-state index contributed by atoms with van der Waals surface area (Å²) in [5.41, 5.74) is -2.00. The first-order valence-corrected chi connectivity index (χ1v) is 12.8. The van der Waals surface area contributed by atoms with Crippen LogP contribution in [0.15, 0.2) is 48.5 Å². The van der Waals surface area contributed by atoms with E-state index in [-0.39, 0.29) is 18.0 Å². The van der Waals surface area contributed by atoms with Crippen molar-refractivity contribution in [3.8, 4) is 11.5 Å². The van der Waals surface area contributed by atoms with E-state index in [9.17, 15) is 32.7 Å². The molecule has 2 amide bonds. The van der Waals surface area contributed by atoms with Crippen molar-refractivity contribution in [2.24, 2.45) is 17.8 Å². The number of carboxylic acids is 1. The molecule has 2 saturated heterocycles. The molecule has 204 valence electrons. The van der Waals surface area contributed by atoms with Gasteiger partial charge in [0, 0.05) is 12.6 Å². The summed E-state index contributed by atoms with van der Waals surface area (Å²) in [4.78, 5) is 41.0. The molecule has 2 aliphatic heterocycles. The summed E-state index contributed by atoms with van der Waals surface area (Å²) in [6.07, 6.45) is -2.69. The number of ether oxygens (including phenoxy) is 1. The standard InChI is InChI=1S/C28H31F3N2O5/c1-4-6-13-33-24(34)21-22(25(33)35)27(26(36)37,16(3)5-2)32-23(21)17-9-7-11-19(14-17)38-20-12-8-10-18(15-20)28(29,30)31/h7-12,14-16,21-23,32H,4-6,13H2,1-3H3,(H,36,37). The number of amides is 2. The monoisotopic (exact) mass is 532 g/mol. The van der Waals surface area contributed by atoms with Crippen LogP contribution >= 0.6 is 0 Å². The third kappa shape index (κ3) is 4.66. The zero-order chi connectivity index (χ0) is 27.8. The number of hydrogen-bond donors (Lipinski definition) is 2. The van der Waals surface area contributed by atoms with E-state index in [0.29, 0.717) is 18.4 Å². The number of benzene rings is 2. The van der Waals surface area contributed by atoms with Gasteiger partial charge >= 0.3 is 12.1 Å². The molecule has 2 aliphatic rings. The van der Waals surface area contributed by atoms with Gasteiger partial charge in [0.15, 0.2) is 0 Å². The van der Waals surface area contributed by atoms with Gasteiger partial charge in [-0.1, -0.05) is 51.8 Å². The Morgan fingerprint density at radius 1 is 1.11 bits per heavy atom. The fourth-order valence-corrected chi connectivity index (χ4v) is 5.65. The normalized spacial score (nSPS) is 25.9. The van der Waals surface area contributed by atoms with Gasteiger partial charge in [0.05, 0.1) is 17.4 Å². The molecule has 7 nitrogen and oxygen atoms in total. The van der Waals surface area contributed by atoms with Crippen LogP contribution in [0.25, 0.3) is 0 Å². The van der Waals surface area contributed by atoms with E-state index >= 15 is 0 Å². The fourth-order valence-electron chi connectivity index (χ4n) is 5.65. The molecule has 0 spiro atoms. The van der Waals surface area contributed by atoms with Crippen molar-refractivity contribution in [3.63, 3.8) is 0 Å². The first-order valence-electron chi connectivity index (χ1n) is 12.8. The summed E-state index contributed by atoms with van der Waals surface area (Å²) in [6.45, 7) is 5.74. The number of carbonyl (C=O) groups is 3. The summed E-state index contributed by atoms with van der Waals surface area (Å²) in [5.74, 6) is -4.39. The average Bonchev–Trinajstić information content (AvgIpc) is 3.36. The number of carbonyl (C=O) groups excluding carboxylic acids is 2. The highest BCUT2D eigenvalue weighted by Crippen LogP contribution is 2.52. The number of fused-ring (bicyclic) bond motifs is 1. The van der Waals surface area contributed by atoms with Crippen LogP contribution in [0.5, 0.6) is 11.5 Å². The predicted molar refractivity (Wildman–Crippen MR) is 132 cm³/mol. The number of rotatable bonds is 9. The largest absolute Gasteiger partial charge is 0.480 e. The van der Waals surface area contributed by atoms with Crippen molar-refractivity contribution in [2.45, 2.75) is 57.8 Å². The average molecular weight is 533 g/mol. The van der Waals surface area contributed by atoms with E-state index in [4.69, 9.17) is 4.74 Å². The number of nitrogens with zero attached hydrogens (tertiary/aromatic N) is 1. The van der Waals surface area contributed by atoms with Gasteiger partial charge in [-0.25, -0.2) is 0 Å². The number of aliphatic carboxylic acids is 1. The van der Waals surface area contributed by atoms with Crippen LogP contribution in [-0.2, 0) is 20.6 Å². The van der Waals surface area contributed by atoms with E-state index in [1.54, 1.807) is 31.2 Å². The Morgan fingerprint density at radius 3 is 2.37 bits per heavy atom. The molecule has 2 N–H and O–H groups in total. The molecule has 5 unspecified atom stereocenters. The third-order valence-corrected chi connectivity index (χ3v) is 7.78. The van der Waals surface area contributed by atoms with E-state index in [0.717, 1.165) is 18.6 Å². The van der Waals surface area contributed by atoms with E-state index in [2.05, 4.69) is 5.32 Å². The number of nitrogens with one attached hydrogen (secondary N) is 1. The number of hydrogen-bond acceptors (Lipinski definition) is 5. The Labute approximate surface area is 219 Å². The second kappa shape index (κ2) is 10.4. The van der Waals surface area contributed by atoms with Crippen molar-refractivity contribution >= 4 is 17.8 Å². The van der Waals surface area contributed by atoms with Crippen LogP contribution in [0.1, 0.15) is 57.2 Å². The minimum atomic E-state index is -4.53. The van der Waals surface area contributed by atoms with Crippen LogP contribution in [0.4, 0.5) is 13.2 Å². The third-order valence-electron chi connectivity index (χ3n) is 7.78. The Hall–Kier alpha value is -3.40. The highest BCUT2D eigenvalue weighted by Gasteiger charge is 2.69. The number of unbranched alkanes of at least 4 members (excludes halogenated alkanes) is 1. The van der Waals surface area contributed by atoms with Gasteiger partial charge in [0.2, 0.25) is 11.8 Å². The zero-order valence-electron chi connectivity index (χ0n) is 21.4. The lowest BCUT2D eigenvalue weighted by Gasteiger charge is -2.36. The molecular weight excluding hydrogens is 501 g/mol. The second-order valence-corrected chi connectivity index (χ2v) is 9.99. The van der Waals surface area contributed by atoms with E-state index in [1.807, 2.05) is 13.8 Å². The number of likely N-dealkylation sites (tertiary alicyclic amines) is 1. The topological polar surface area (TPSA) is 95.9 Å². The molecule has 0 saturated carbocycles. The maximum Gasteiger partial charge on any atom is 0.416 e. The smallest absolute Gasteiger partial charge is 0.416 e. The zero-order valence-corrected chi connectivity index (χ0v) is 21.4. The lowest BCUT2D eigenvalue weighted by atomic mass is 9.72. The molecule has 0 bridgehead atoms. The summed E-state index contributed by atoms with van der Waals surface area (Å²) in [6, 6.07) is 10.1. The molecule has 2 fully saturated rings. The van der Waals surface area contributed by atoms with Crippen LogP contribution in [-0.4, -0.2) is 39.9 Å². The molecule has 10 heteroatoms. The Balaban J connectivity index is 1.73. The Morgan fingerprint density at radius 2 is 1.76 bits per heavy atom. The lowest BCUT2D eigenvalue weighted by Crippen LogP contribution is -2.59. The van der Waals surface area contributed by atoms with Crippen LogP contribution in [0, 0.1) is 17.8 Å². The van der Waals surface area contributed by atoms with Crippen LogP contribution in [0.3, 0.4) is 0 Å². The predicted octanol–water partition coefficient (Wildman–Crippen LogP) is 5.41. The highest BCUT2D eigenvalue weighted by molar-refractivity contribution is 6.09. The van der Waals surface area contributed by atoms with Gasteiger partial charge in [-0.05, 0) is 48.2 Å². The van der Waals surface area contributed by atoms with Gasteiger partial charge < -0.3 is 9.84 Å². The van der Waals surface area contributed by atoms with Gasteiger partial charge in [-0.15, -0.1) is 0 Å². The molecule has 38 heavy (non-hydrogen) atoms. The lowest BCUT2D eigenvalue weighted by molar-refractivity contribution is -0.154. The molecular formula is C28H31F3N2O5. The molecule has 2 aromatic carbocycles. The number of carboxylic acid groups (broad SMARTS) is 1. The van der Waals surface area contributed by atoms with Gasteiger partial charge in [-0.3, -0.25) is 24.6 Å². The minimum Gasteiger partial charge on any atom is -0.480 e. The Kier molecular flexibility index (Phi) is 7.56. The maximum atomic E-state index is 13.6. The summed E-state index contributed by atoms with van der Waals surface area (Å²) >= 11 is 0. The molecule has 5 atom stereocenters. The first kappa shape index (κ1) is 27.6. The van der Waals surface area contributed by atoms with Crippen molar-refractivity contribution in [2.75, 3.05) is 6.54 Å². The van der Waals surface area contributed by atoms with Crippen molar-refractivity contribution in [1.82, 2.24) is 10.2 Å². The summed E-state index contributed by atoms with van der Waals surface area (Å²) in [5, 5.41) is 13.6. The number of imide groups is 1. The fraction of sp³-hybridized carbons (Fsp3) is 0.464. The molecule has 2 aromatic rings. The highest BCUT2D eigenvalue weighted by atomic mass is 19.4. The minimum absolute atomic E-state index is 0.0217. The molecule has 0 aromatic heterocycles. The molecule has 2 heterocycles. The van der Waals surface area contributed by atoms with Crippen molar-refractivity contribution in [3.05, 3.63) is 59.7 Å².